The lowest BCUT2D eigenvalue weighted by molar-refractivity contribution is -0.139. The normalized spacial score (nSPS) is 11.9. The molecule has 1 rings (SSSR count). The van der Waals surface area contributed by atoms with Gasteiger partial charge < -0.3 is 15.7 Å². The van der Waals surface area contributed by atoms with Crippen LogP contribution in [0.3, 0.4) is 0 Å². The summed E-state index contributed by atoms with van der Waals surface area (Å²) in [4.78, 5) is 22.7. The summed E-state index contributed by atoms with van der Waals surface area (Å²) in [6.07, 6.45) is 1.14. The summed E-state index contributed by atoms with van der Waals surface area (Å²) in [7, 11) is 0. The van der Waals surface area contributed by atoms with E-state index >= 15 is 0 Å². The van der Waals surface area contributed by atoms with E-state index in [-0.39, 0.29) is 5.92 Å². The molecule has 5 heteroatoms. The average molecular weight is 278 g/mol. The maximum absolute atomic E-state index is 11.6. The van der Waals surface area contributed by atoms with Crippen LogP contribution in [0.15, 0.2) is 30.3 Å². The highest BCUT2D eigenvalue weighted by molar-refractivity contribution is 5.82. The number of carbonyl (C=O) groups excluding carboxylic acids is 1. The number of hydrogen-bond acceptors (Lipinski definition) is 2. The third kappa shape index (κ3) is 6.22. The number of aliphatic carboxylic acids is 1. The molecule has 0 saturated heterocycles. The molecule has 0 bridgehead atoms. The Morgan fingerprint density at radius 3 is 2.40 bits per heavy atom. The van der Waals surface area contributed by atoms with E-state index in [1.54, 1.807) is 0 Å². The third-order valence-electron chi connectivity index (χ3n) is 2.85. The number of carboxylic acids is 1. The van der Waals surface area contributed by atoms with E-state index in [9.17, 15) is 9.59 Å². The van der Waals surface area contributed by atoms with E-state index in [0.717, 1.165) is 12.0 Å². The van der Waals surface area contributed by atoms with Crippen LogP contribution in [0.1, 0.15) is 25.8 Å². The van der Waals surface area contributed by atoms with Crippen LogP contribution >= 0.6 is 0 Å². The molecule has 3 N–H and O–H groups in total. The van der Waals surface area contributed by atoms with Gasteiger partial charge in [-0.3, -0.25) is 0 Å². The molecule has 0 fully saturated rings. The zero-order valence-electron chi connectivity index (χ0n) is 11.9. The molecule has 0 aliphatic carbocycles. The Morgan fingerprint density at radius 2 is 1.85 bits per heavy atom. The summed E-state index contributed by atoms with van der Waals surface area (Å²) >= 11 is 0. The van der Waals surface area contributed by atoms with Gasteiger partial charge in [0.05, 0.1) is 0 Å². The zero-order valence-corrected chi connectivity index (χ0v) is 11.9. The van der Waals surface area contributed by atoms with Crippen molar-refractivity contribution in [1.82, 2.24) is 10.6 Å². The second-order valence-corrected chi connectivity index (χ2v) is 5.16. The summed E-state index contributed by atoms with van der Waals surface area (Å²) in [6.45, 7) is 4.32. The monoisotopic (exact) mass is 278 g/mol. The van der Waals surface area contributed by atoms with Crippen LogP contribution in [-0.2, 0) is 11.2 Å². The first-order valence-corrected chi connectivity index (χ1v) is 6.80. The number of carboxylic acid groups (broad SMARTS) is 1. The summed E-state index contributed by atoms with van der Waals surface area (Å²) in [5.41, 5.74) is 1.13. The Kier molecular flexibility index (Phi) is 6.56. The number of urea groups is 1. The molecule has 2 amide bonds. The molecule has 0 aromatic heterocycles. The lowest BCUT2D eigenvalue weighted by atomic mass is 10.0. The van der Waals surface area contributed by atoms with Crippen molar-refractivity contribution in [1.29, 1.82) is 0 Å². The molecule has 20 heavy (non-hydrogen) atoms. The van der Waals surface area contributed by atoms with Gasteiger partial charge in [-0.2, -0.15) is 0 Å². The second kappa shape index (κ2) is 8.19. The predicted molar refractivity (Wildman–Crippen MR) is 77.6 cm³/mol. The van der Waals surface area contributed by atoms with E-state index in [1.807, 2.05) is 44.2 Å². The van der Waals surface area contributed by atoms with Crippen molar-refractivity contribution in [2.45, 2.75) is 32.7 Å². The van der Waals surface area contributed by atoms with Gasteiger partial charge in [0.1, 0.15) is 6.04 Å². The van der Waals surface area contributed by atoms with Crippen molar-refractivity contribution in [3.63, 3.8) is 0 Å². The van der Waals surface area contributed by atoms with E-state index in [2.05, 4.69) is 10.6 Å². The average Bonchev–Trinajstić information content (AvgIpc) is 2.38. The van der Waals surface area contributed by atoms with Crippen molar-refractivity contribution >= 4 is 12.0 Å². The van der Waals surface area contributed by atoms with Crippen LogP contribution in [-0.4, -0.2) is 29.7 Å². The lowest BCUT2D eigenvalue weighted by Crippen LogP contribution is -2.47. The summed E-state index contributed by atoms with van der Waals surface area (Å²) < 4.78 is 0. The number of hydrogen-bond donors (Lipinski definition) is 3. The van der Waals surface area contributed by atoms with Crippen molar-refractivity contribution in [3.8, 4) is 0 Å². The SMILES string of the molecule is CC(C)C[C@@H](NC(=O)NCCc1ccccc1)C(=O)O. The molecule has 0 heterocycles. The van der Waals surface area contributed by atoms with Crippen LogP contribution in [0.5, 0.6) is 0 Å². The fraction of sp³-hybridized carbons (Fsp3) is 0.467. The Bertz CT molecular complexity index is 432. The lowest BCUT2D eigenvalue weighted by Gasteiger charge is -2.16. The first-order valence-electron chi connectivity index (χ1n) is 6.80. The standard InChI is InChI=1S/C15H22N2O3/c1-11(2)10-13(14(18)19)17-15(20)16-9-8-12-6-4-3-5-7-12/h3-7,11,13H,8-10H2,1-2H3,(H,18,19)(H2,16,17,20)/t13-/m1/s1. The first kappa shape index (κ1) is 16.0. The molecule has 5 nitrogen and oxygen atoms in total. The van der Waals surface area contributed by atoms with E-state index in [0.29, 0.717) is 13.0 Å². The Balaban J connectivity index is 2.33. The highest BCUT2D eigenvalue weighted by Gasteiger charge is 2.20. The molecule has 110 valence electrons. The molecule has 0 spiro atoms. The summed E-state index contributed by atoms with van der Waals surface area (Å²) in [5, 5.41) is 14.2. The van der Waals surface area contributed by atoms with Crippen LogP contribution in [0.2, 0.25) is 0 Å². The fourth-order valence-electron chi connectivity index (χ4n) is 1.87. The predicted octanol–water partition coefficient (Wildman–Crippen LogP) is 2.03. The van der Waals surface area contributed by atoms with Gasteiger partial charge in [-0.05, 0) is 24.3 Å². The molecule has 1 aromatic carbocycles. The molecule has 1 atom stereocenters. The highest BCUT2D eigenvalue weighted by atomic mass is 16.4. The van der Waals surface area contributed by atoms with Crippen LogP contribution in [0, 0.1) is 5.92 Å². The molecule has 0 radical (unpaired) electrons. The minimum absolute atomic E-state index is 0.209. The molecule has 0 unspecified atom stereocenters. The summed E-state index contributed by atoms with van der Waals surface area (Å²) in [5.74, 6) is -0.794. The van der Waals surface area contributed by atoms with Gasteiger partial charge >= 0.3 is 12.0 Å². The van der Waals surface area contributed by atoms with E-state index in [4.69, 9.17) is 5.11 Å². The number of amides is 2. The topological polar surface area (TPSA) is 78.4 Å². The maximum atomic E-state index is 11.6. The summed E-state index contributed by atoms with van der Waals surface area (Å²) in [6, 6.07) is 8.52. The van der Waals surface area contributed by atoms with Crippen molar-refractivity contribution in [2.75, 3.05) is 6.54 Å². The Hall–Kier alpha value is -2.04. The Labute approximate surface area is 119 Å². The zero-order chi connectivity index (χ0) is 15.0. The van der Waals surface area contributed by atoms with Crippen LogP contribution in [0.4, 0.5) is 4.79 Å². The van der Waals surface area contributed by atoms with Gasteiger partial charge in [-0.15, -0.1) is 0 Å². The van der Waals surface area contributed by atoms with Crippen molar-refractivity contribution < 1.29 is 14.7 Å². The second-order valence-electron chi connectivity index (χ2n) is 5.16. The molecule has 0 saturated carbocycles. The Morgan fingerprint density at radius 1 is 1.20 bits per heavy atom. The van der Waals surface area contributed by atoms with Gasteiger partial charge in [-0.25, -0.2) is 9.59 Å². The third-order valence-corrected chi connectivity index (χ3v) is 2.85. The van der Waals surface area contributed by atoms with Gasteiger partial charge in [0.25, 0.3) is 0 Å². The fourth-order valence-corrected chi connectivity index (χ4v) is 1.87. The van der Waals surface area contributed by atoms with Crippen LogP contribution in [0.25, 0.3) is 0 Å². The number of rotatable bonds is 7. The van der Waals surface area contributed by atoms with Crippen LogP contribution < -0.4 is 10.6 Å². The maximum Gasteiger partial charge on any atom is 0.326 e. The number of nitrogens with one attached hydrogen (secondary N) is 2. The van der Waals surface area contributed by atoms with Gasteiger partial charge in [-0.1, -0.05) is 44.2 Å². The molecule has 1 aromatic rings. The van der Waals surface area contributed by atoms with Gasteiger partial charge in [0, 0.05) is 6.54 Å². The largest absolute Gasteiger partial charge is 0.480 e. The smallest absolute Gasteiger partial charge is 0.326 e. The number of benzene rings is 1. The first-order chi connectivity index (χ1) is 9.49. The molecule has 0 aliphatic rings. The van der Waals surface area contributed by atoms with E-state index < -0.39 is 18.0 Å². The van der Waals surface area contributed by atoms with Crippen molar-refractivity contribution in [2.24, 2.45) is 5.92 Å². The highest BCUT2D eigenvalue weighted by Crippen LogP contribution is 2.04. The van der Waals surface area contributed by atoms with Gasteiger partial charge in [0.2, 0.25) is 0 Å². The van der Waals surface area contributed by atoms with Gasteiger partial charge in [0.15, 0.2) is 0 Å². The molecular formula is C15H22N2O3. The quantitative estimate of drug-likeness (QED) is 0.714. The van der Waals surface area contributed by atoms with E-state index in [1.165, 1.54) is 0 Å². The molecular weight excluding hydrogens is 256 g/mol. The number of carbonyl (C=O) groups is 2. The molecule has 0 aliphatic heterocycles. The minimum atomic E-state index is -1.00. The minimum Gasteiger partial charge on any atom is -0.480 e. The van der Waals surface area contributed by atoms with Crippen molar-refractivity contribution in [3.05, 3.63) is 35.9 Å².